The fraction of sp³-hybridized carbons (Fsp3) is 0.500. The van der Waals surface area contributed by atoms with Crippen molar-refractivity contribution in [1.82, 2.24) is 4.98 Å². The van der Waals surface area contributed by atoms with Gasteiger partial charge in [0.1, 0.15) is 5.82 Å². The van der Waals surface area contributed by atoms with E-state index in [1.165, 1.54) is 24.3 Å². The molecule has 1 aliphatic heterocycles. The standard InChI is InChI=1S/C10H12BrClN2S/c11-7-5-9(12)10(13-6-7)14-8-1-3-15-4-2-8/h5-6,8H,1-4H2,(H,13,14). The number of anilines is 1. The lowest BCUT2D eigenvalue weighted by molar-refractivity contribution is 0.664. The fourth-order valence-corrected chi connectivity index (χ4v) is 3.35. The van der Waals surface area contributed by atoms with Gasteiger partial charge in [0.05, 0.1) is 5.02 Å². The fourth-order valence-electron chi connectivity index (χ4n) is 1.56. The molecule has 2 rings (SSSR count). The normalized spacial score (nSPS) is 17.7. The molecule has 1 fully saturated rings. The molecule has 0 atom stereocenters. The van der Waals surface area contributed by atoms with Crippen LogP contribution in [0.2, 0.25) is 5.02 Å². The summed E-state index contributed by atoms with van der Waals surface area (Å²) in [4.78, 5) is 4.28. The van der Waals surface area contributed by atoms with Crippen molar-refractivity contribution >= 4 is 45.1 Å². The first kappa shape index (κ1) is 11.6. The zero-order chi connectivity index (χ0) is 10.7. The largest absolute Gasteiger partial charge is 0.366 e. The predicted molar refractivity (Wildman–Crippen MR) is 70.9 cm³/mol. The topological polar surface area (TPSA) is 24.9 Å². The third-order valence-electron chi connectivity index (χ3n) is 2.37. The zero-order valence-electron chi connectivity index (χ0n) is 8.17. The highest BCUT2D eigenvalue weighted by atomic mass is 79.9. The molecule has 15 heavy (non-hydrogen) atoms. The molecule has 1 aliphatic rings. The van der Waals surface area contributed by atoms with Gasteiger partial charge in [-0.05, 0) is 46.3 Å². The molecule has 0 unspecified atom stereocenters. The van der Waals surface area contributed by atoms with E-state index < -0.39 is 0 Å². The summed E-state index contributed by atoms with van der Waals surface area (Å²) in [5.41, 5.74) is 0. The number of thioether (sulfide) groups is 1. The summed E-state index contributed by atoms with van der Waals surface area (Å²) in [6.07, 6.45) is 4.16. The number of nitrogens with zero attached hydrogens (tertiary/aromatic N) is 1. The number of aromatic nitrogens is 1. The van der Waals surface area contributed by atoms with E-state index in [1.807, 2.05) is 17.8 Å². The van der Waals surface area contributed by atoms with Crippen LogP contribution in [0.5, 0.6) is 0 Å². The van der Waals surface area contributed by atoms with E-state index in [9.17, 15) is 0 Å². The Hall–Kier alpha value is 0.0700. The summed E-state index contributed by atoms with van der Waals surface area (Å²) in [5.74, 6) is 3.26. The van der Waals surface area contributed by atoms with Gasteiger partial charge in [-0.15, -0.1) is 0 Å². The van der Waals surface area contributed by atoms with Gasteiger partial charge >= 0.3 is 0 Å². The van der Waals surface area contributed by atoms with Gasteiger partial charge in [-0.2, -0.15) is 11.8 Å². The summed E-state index contributed by atoms with van der Waals surface area (Å²) in [6, 6.07) is 2.39. The number of rotatable bonds is 2. The SMILES string of the molecule is Clc1cc(Br)cnc1NC1CCSCC1. The van der Waals surface area contributed by atoms with Crippen LogP contribution in [0.1, 0.15) is 12.8 Å². The maximum absolute atomic E-state index is 6.09. The van der Waals surface area contributed by atoms with Crippen LogP contribution in [0.4, 0.5) is 5.82 Å². The molecule has 1 aromatic heterocycles. The molecule has 0 aromatic carbocycles. The summed E-state index contributed by atoms with van der Waals surface area (Å²) in [6.45, 7) is 0. The van der Waals surface area contributed by atoms with Crippen molar-refractivity contribution in [3.63, 3.8) is 0 Å². The average molecular weight is 308 g/mol. The number of halogens is 2. The molecule has 2 heterocycles. The molecule has 0 radical (unpaired) electrons. The Morgan fingerprint density at radius 3 is 2.87 bits per heavy atom. The van der Waals surface area contributed by atoms with E-state index in [2.05, 4.69) is 26.2 Å². The minimum Gasteiger partial charge on any atom is -0.366 e. The Morgan fingerprint density at radius 1 is 1.47 bits per heavy atom. The first-order valence-electron chi connectivity index (χ1n) is 4.91. The minimum atomic E-state index is 0.525. The Kier molecular flexibility index (Phi) is 4.17. The van der Waals surface area contributed by atoms with E-state index in [0.29, 0.717) is 11.1 Å². The van der Waals surface area contributed by atoms with Crippen LogP contribution in [0.25, 0.3) is 0 Å². The van der Waals surface area contributed by atoms with Crippen molar-refractivity contribution in [2.24, 2.45) is 0 Å². The Morgan fingerprint density at radius 2 is 2.20 bits per heavy atom. The van der Waals surface area contributed by atoms with Gasteiger partial charge in [0.25, 0.3) is 0 Å². The Bertz CT molecular complexity index is 342. The first-order chi connectivity index (χ1) is 7.25. The van der Waals surface area contributed by atoms with Gasteiger partial charge in [-0.1, -0.05) is 11.6 Å². The third kappa shape index (κ3) is 3.26. The summed E-state index contributed by atoms with van der Waals surface area (Å²) in [7, 11) is 0. The van der Waals surface area contributed by atoms with Gasteiger partial charge < -0.3 is 5.32 Å². The van der Waals surface area contributed by atoms with Crippen LogP contribution in [0, 0.1) is 0 Å². The highest BCUT2D eigenvalue weighted by Gasteiger charge is 2.15. The van der Waals surface area contributed by atoms with Gasteiger partial charge in [0.15, 0.2) is 0 Å². The first-order valence-corrected chi connectivity index (χ1v) is 7.23. The number of nitrogens with one attached hydrogen (secondary N) is 1. The van der Waals surface area contributed by atoms with E-state index in [4.69, 9.17) is 11.6 Å². The lowest BCUT2D eigenvalue weighted by Crippen LogP contribution is -2.25. The van der Waals surface area contributed by atoms with E-state index >= 15 is 0 Å². The van der Waals surface area contributed by atoms with Crippen LogP contribution in [-0.4, -0.2) is 22.5 Å². The molecule has 0 aliphatic carbocycles. The van der Waals surface area contributed by atoms with Gasteiger partial charge in [-0.3, -0.25) is 0 Å². The molecule has 0 amide bonds. The second-order valence-electron chi connectivity index (χ2n) is 3.51. The van der Waals surface area contributed by atoms with Gasteiger partial charge in [0.2, 0.25) is 0 Å². The second kappa shape index (κ2) is 5.41. The molecule has 5 heteroatoms. The summed E-state index contributed by atoms with van der Waals surface area (Å²) >= 11 is 11.4. The van der Waals surface area contributed by atoms with Crippen LogP contribution in [-0.2, 0) is 0 Å². The van der Waals surface area contributed by atoms with Crippen molar-refractivity contribution < 1.29 is 0 Å². The molecular weight excluding hydrogens is 296 g/mol. The zero-order valence-corrected chi connectivity index (χ0v) is 11.3. The lowest BCUT2D eigenvalue weighted by Gasteiger charge is -2.23. The van der Waals surface area contributed by atoms with E-state index in [1.54, 1.807) is 6.20 Å². The van der Waals surface area contributed by atoms with Crippen molar-refractivity contribution in [1.29, 1.82) is 0 Å². The van der Waals surface area contributed by atoms with Gasteiger partial charge in [-0.25, -0.2) is 4.98 Å². The summed E-state index contributed by atoms with van der Waals surface area (Å²) < 4.78 is 0.914. The molecule has 82 valence electrons. The van der Waals surface area contributed by atoms with Crippen molar-refractivity contribution in [2.45, 2.75) is 18.9 Å². The molecule has 0 spiro atoms. The lowest BCUT2D eigenvalue weighted by atomic mass is 10.1. The quantitative estimate of drug-likeness (QED) is 0.899. The number of hydrogen-bond donors (Lipinski definition) is 1. The highest BCUT2D eigenvalue weighted by Crippen LogP contribution is 2.26. The molecule has 0 saturated carbocycles. The van der Waals surface area contributed by atoms with Crippen LogP contribution in [0.15, 0.2) is 16.7 Å². The molecule has 1 aromatic rings. The molecule has 1 saturated heterocycles. The second-order valence-corrected chi connectivity index (χ2v) is 6.06. The van der Waals surface area contributed by atoms with Crippen LogP contribution >= 0.6 is 39.3 Å². The smallest absolute Gasteiger partial charge is 0.145 e. The molecule has 1 N–H and O–H groups in total. The maximum Gasteiger partial charge on any atom is 0.145 e. The number of pyridine rings is 1. The molecular formula is C10H12BrClN2S. The van der Waals surface area contributed by atoms with Crippen molar-refractivity contribution in [3.8, 4) is 0 Å². The molecule has 2 nitrogen and oxygen atoms in total. The van der Waals surface area contributed by atoms with E-state index in [-0.39, 0.29) is 0 Å². The highest BCUT2D eigenvalue weighted by molar-refractivity contribution is 9.10. The van der Waals surface area contributed by atoms with Gasteiger partial charge in [0, 0.05) is 16.7 Å². The predicted octanol–water partition coefficient (Wildman–Crippen LogP) is 3.81. The molecule has 0 bridgehead atoms. The number of hydrogen-bond acceptors (Lipinski definition) is 3. The Balaban J connectivity index is 2.03. The van der Waals surface area contributed by atoms with Crippen molar-refractivity contribution in [2.75, 3.05) is 16.8 Å². The van der Waals surface area contributed by atoms with E-state index in [0.717, 1.165) is 10.3 Å². The van der Waals surface area contributed by atoms with Crippen molar-refractivity contribution in [3.05, 3.63) is 21.8 Å². The maximum atomic E-state index is 6.09. The summed E-state index contributed by atoms with van der Waals surface area (Å²) in [5, 5.41) is 4.08. The van der Waals surface area contributed by atoms with Crippen LogP contribution < -0.4 is 5.32 Å². The monoisotopic (exact) mass is 306 g/mol. The average Bonchev–Trinajstić information content (AvgIpc) is 2.24. The Labute approximate surface area is 107 Å². The third-order valence-corrected chi connectivity index (χ3v) is 4.14. The minimum absolute atomic E-state index is 0.525. The van der Waals surface area contributed by atoms with Crippen LogP contribution in [0.3, 0.4) is 0 Å².